The number of hydrogen-bond donors (Lipinski definition) is 3. The van der Waals surface area contributed by atoms with Gasteiger partial charge >= 0.3 is 0 Å². The molecule has 3 N–H and O–H groups in total. The van der Waals surface area contributed by atoms with Crippen LogP contribution in [0.1, 0.15) is 32.3 Å². The van der Waals surface area contributed by atoms with Crippen LogP contribution in [0.3, 0.4) is 0 Å². The first kappa shape index (κ1) is 18.9. The van der Waals surface area contributed by atoms with Crippen LogP contribution < -0.4 is 15.4 Å². The maximum Gasteiger partial charge on any atom is 0.191 e. The van der Waals surface area contributed by atoms with E-state index in [1.807, 2.05) is 43.0 Å². The monoisotopic (exact) mass is 351 g/mol. The second-order valence-corrected chi connectivity index (χ2v) is 7.46. The number of benzene rings is 1. The Bertz CT molecular complexity index is 536. The predicted octanol–water partition coefficient (Wildman–Crippen LogP) is 2.40. The zero-order chi connectivity index (χ0) is 17.4. The van der Waals surface area contributed by atoms with Gasteiger partial charge in [-0.2, -0.15) is 11.8 Å². The summed E-state index contributed by atoms with van der Waals surface area (Å²) in [5.74, 6) is 2.63. The minimum absolute atomic E-state index is 0.333. The zero-order valence-corrected chi connectivity index (χ0v) is 15.7. The second kappa shape index (κ2) is 9.18. The highest BCUT2D eigenvalue weighted by molar-refractivity contribution is 8.00. The highest BCUT2D eigenvalue weighted by Gasteiger charge is 2.45. The largest absolute Gasteiger partial charge is 0.497 e. The Morgan fingerprint density at radius 2 is 2.08 bits per heavy atom. The van der Waals surface area contributed by atoms with Gasteiger partial charge < -0.3 is 20.5 Å². The summed E-state index contributed by atoms with van der Waals surface area (Å²) in [5.41, 5.74) is 0.506. The van der Waals surface area contributed by atoms with Crippen molar-refractivity contribution in [3.8, 4) is 5.75 Å². The van der Waals surface area contributed by atoms with Crippen molar-refractivity contribution in [1.29, 1.82) is 0 Å². The van der Waals surface area contributed by atoms with Gasteiger partial charge in [0.15, 0.2) is 5.96 Å². The first-order valence-electron chi connectivity index (χ1n) is 8.60. The number of rotatable bonds is 8. The lowest BCUT2D eigenvalue weighted by Crippen LogP contribution is -2.58. The van der Waals surface area contributed by atoms with Crippen LogP contribution in [0.25, 0.3) is 0 Å². The highest BCUT2D eigenvalue weighted by atomic mass is 32.2. The molecule has 1 aromatic carbocycles. The van der Waals surface area contributed by atoms with Crippen LogP contribution in [-0.4, -0.2) is 47.9 Å². The molecule has 5 nitrogen and oxygen atoms in total. The molecule has 2 unspecified atom stereocenters. The summed E-state index contributed by atoms with van der Waals surface area (Å²) in [6.45, 7) is 6.10. The van der Waals surface area contributed by atoms with Crippen molar-refractivity contribution >= 4 is 17.7 Å². The van der Waals surface area contributed by atoms with Gasteiger partial charge in [-0.15, -0.1) is 0 Å². The normalized spacial score (nSPS) is 23.5. The number of aliphatic imine (C=N–C) groups is 1. The number of ether oxygens (including phenoxy) is 1. The van der Waals surface area contributed by atoms with E-state index < -0.39 is 5.60 Å². The van der Waals surface area contributed by atoms with Gasteiger partial charge in [0.1, 0.15) is 5.75 Å². The smallest absolute Gasteiger partial charge is 0.191 e. The highest BCUT2D eigenvalue weighted by Crippen LogP contribution is 2.40. The van der Waals surface area contributed by atoms with Gasteiger partial charge in [0, 0.05) is 18.3 Å². The Hall–Kier alpha value is -1.40. The predicted molar refractivity (Wildman–Crippen MR) is 102 cm³/mol. The number of thioether (sulfide) groups is 1. The van der Waals surface area contributed by atoms with E-state index in [9.17, 15) is 5.11 Å². The second-order valence-electron chi connectivity index (χ2n) is 5.98. The van der Waals surface area contributed by atoms with Gasteiger partial charge in [-0.1, -0.05) is 19.1 Å². The van der Waals surface area contributed by atoms with E-state index in [1.54, 1.807) is 7.11 Å². The van der Waals surface area contributed by atoms with E-state index in [1.165, 1.54) is 0 Å². The molecular weight excluding hydrogens is 322 g/mol. The minimum atomic E-state index is -0.614. The summed E-state index contributed by atoms with van der Waals surface area (Å²) in [4.78, 5) is 4.61. The number of hydrogen-bond acceptors (Lipinski definition) is 4. The summed E-state index contributed by atoms with van der Waals surface area (Å²) >= 11 is 1.84. The molecule has 0 heterocycles. The summed E-state index contributed by atoms with van der Waals surface area (Å²) in [5, 5.41) is 17.5. The number of nitrogens with zero attached hydrogens (tertiary/aromatic N) is 1. The zero-order valence-electron chi connectivity index (χ0n) is 14.8. The molecule has 0 saturated heterocycles. The molecule has 24 heavy (non-hydrogen) atoms. The summed E-state index contributed by atoms with van der Waals surface area (Å²) in [7, 11) is 1.66. The van der Waals surface area contributed by atoms with Gasteiger partial charge in [0.05, 0.1) is 19.3 Å². The lowest BCUT2D eigenvalue weighted by Gasteiger charge is -2.45. The van der Waals surface area contributed by atoms with Crippen LogP contribution in [0.4, 0.5) is 0 Å². The molecule has 0 bridgehead atoms. The fraction of sp³-hybridized carbons (Fsp3) is 0.611. The molecular formula is C18H29N3O2S. The number of nitrogens with one attached hydrogen (secondary N) is 2. The molecule has 0 aliphatic heterocycles. The van der Waals surface area contributed by atoms with Crippen molar-refractivity contribution in [2.45, 2.75) is 44.1 Å². The summed E-state index contributed by atoms with van der Waals surface area (Å²) in [6, 6.07) is 7.91. The lowest BCUT2D eigenvalue weighted by atomic mass is 9.79. The first-order valence-corrected chi connectivity index (χ1v) is 9.65. The molecule has 0 spiro atoms. The molecule has 1 aliphatic carbocycles. The van der Waals surface area contributed by atoms with Crippen LogP contribution in [0.2, 0.25) is 0 Å². The van der Waals surface area contributed by atoms with Crippen LogP contribution in [-0.2, 0) is 6.54 Å². The van der Waals surface area contributed by atoms with Gasteiger partial charge in [0.2, 0.25) is 0 Å². The van der Waals surface area contributed by atoms with Crippen LogP contribution >= 0.6 is 11.8 Å². The summed E-state index contributed by atoms with van der Waals surface area (Å²) < 4.78 is 5.17. The van der Waals surface area contributed by atoms with Crippen molar-refractivity contribution in [2.24, 2.45) is 4.99 Å². The molecule has 0 radical (unpaired) electrons. The maximum absolute atomic E-state index is 10.7. The van der Waals surface area contributed by atoms with Crippen molar-refractivity contribution < 1.29 is 9.84 Å². The van der Waals surface area contributed by atoms with E-state index in [-0.39, 0.29) is 0 Å². The van der Waals surface area contributed by atoms with Crippen molar-refractivity contribution in [2.75, 3.05) is 26.0 Å². The first-order chi connectivity index (χ1) is 11.6. The molecule has 1 saturated carbocycles. The third-order valence-corrected chi connectivity index (χ3v) is 5.70. The van der Waals surface area contributed by atoms with Crippen molar-refractivity contribution in [3.05, 3.63) is 29.8 Å². The number of guanidine groups is 1. The lowest BCUT2D eigenvalue weighted by molar-refractivity contribution is -0.0198. The average molecular weight is 352 g/mol. The Morgan fingerprint density at radius 1 is 1.33 bits per heavy atom. The molecule has 2 atom stereocenters. The van der Waals surface area contributed by atoms with E-state index >= 15 is 0 Å². The Kier molecular flexibility index (Phi) is 7.24. The Morgan fingerprint density at radius 3 is 2.62 bits per heavy atom. The van der Waals surface area contributed by atoms with Gasteiger partial charge in [0.25, 0.3) is 0 Å². The summed E-state index contributed by atoms with van der Waals surface area (Å²) in [6.07, 6.45) is 1.95. The molecule has 134 valence electrons. The third-order valence-electron chi connectivity index (χ3n) is 4.29. The quantitative estimate of drug-likeness (QED) is 0.496. The molecule has 1 aliphatic rings. The van der Waals surface area contributed by atoms with E-state index in [0.717, 1.165) is 42.4 Å². The minimum Gasteiger partial charge on any atom is -0.497 e. The Balaban J connectivity index is 1.90. The molecule has 0 amide bonds. The molecule has 0 aromatic heterocycles. The van der Waals surface area contributed by atoms with E-state index in [0.29, 0.717) is 18.3 Å². The van der Waals surface area contributed by atoms with Crippen molar-refractivity contribution in [3.63, 3.8) is 0 Å². The van der Waals surface area contributed by atoms with Gasteiger partial charge in [-0.3, -0.25) is 0 Å². The van der Waals surface area contributed by atoms with Gasteiger partial charge in [-0.25, -0.2) is 4.99 Å². The topological polar surface area (TPSA) is 65.9 Å². The molecule has 6 heteroatoms. The fourth-order valence-corrected chi connectivity index (χ4v) is 3.92. The van der Waals surface area contributed by atoms with Crippen molar-refractivity contribution in [1.82, 2.24) is 10.6 Å². The van der Waals surface area contributed by atoms with Crippen LogP contribution in [0.15, 0.2) is 29.3 Å². The molecule has 1 aromatic rings. The average Bonchev–Trinajstić information content (AvgIpc) is 2.61. The van der Waals surface area contributed by atoms with E-state index in [2.05, 4.69) is 22.5 Å². The Labute approximate surface area is 149 Å². The third kappa shape index (κ3) is 5.05. The van der Waals surface area contributed by atoms with E-state index in [4.69, 9.17) is 4.74 Å². The van der Waals surface area contributed by atoms with Crippen LogP contribution in [0.5, 0.6) is 5.75 Å². The number of methoxy groups -OCH3 is 1. The SMILES string of the molecule is CCNC(=NCc1ccc(OC)cc1)NCC1(O)CCC1SCC. The van der Waals surface area contributed by atoms with Crippen LogP contribution in [0, 0.1) is 0 Å². The molecule has 2 rings (SSSR count). The molecule has 1 fully saturated rings. The van der Waals surface area contributed by atoms with Gasteiger partial charge in [-0.05, 0) is 43.2 Å². The maximum atomic E-state index is 10.7. The standard InChI is InChI=1S/C18H29N3O2S/c1-4-19-17(20-12-14-6-8-15(23-3)9-7-14)21-13-18(22)11-10-16(18)24-5-2/h6-9,16,22H,4-5,10-13H2,1-3H3,(H2,19,20,21). The fourth-order valence-electron chi connectivity index (χ4n) is 2.72. The number of aliphatic hydroxyl groups is 1.